The zero-order valence-corrected chi connectivity index (χ0v) is 10.1. The van der Waals surface area contributed by atoms with Gasteiger partial charge >= 0.3 is 0 Å². The molecule has 0 radical (unpaired) electrons. The van der Waals surface area contributed by atoms with E-state index in [0.29, 0.717) is 18.2 Å². The number of nitrogens with one attached hydrogen (secondary N) is 1. The normalized spacial score (nSPS) is 30.8. The summed E-state index contributed by atoms with van der Waals surface area (Å²) in [5.41, 5.74) is 0. The van der Waals surface area contributed by atoms with E-state index in [1.54, 1.807) is 6.26 Å². The Morgan fingerprint density at radius 2 is 2.21 bits per heavy atom. The molecule has 0 amide bonds. The molecule has 1 fully saturated rings. The minimum absolute atomic E-state index is 0.355. The van der Waals surface area contributed by atoms with Crippen LogP contribution >= 0.6 is 0 Å². The third-order valence-electron chi connectivity index (χ3n) is 2.50. The lowest BCUT2D eigenvalue weighted by Crippen LogP contribution is -2.49. The van der Waals surface area contributed by atoms with Gasteiger partial charge in [-0.25, -0.2) is 0 Å². The van der Waals surface area contributed by atoms with Gasteiger partial charge in [-0.2, -0.15) is 0 Å². The topological polar surface area (TPSA) is 38.3 Å². The number of hydrogen-bond donors (Lipinski definition) is 1. The maximum absolute atomic E-state index is 11.0. The van der Waals surface area contributed by atoms with Crippen molar-refractivity contribution in [2.45, 2.75) is 44.9 Å². The van der Waals surface area contributed by atoms with Gasteiger partial charge in [-0.1, -0.05) is 0 Å². The zero-order valence-electron chi connectivity index (χ0n) is 9.29. The van der Waals surface area contributed by atoms with Crippen molar-refractivity contribution < 1.29 is 8.95 Å². The summed E-state index contributed by atoms with van der Waals surface area (Å²) in [7, 11) is -0.696. The van der Waals surface area contributed by atoms with E-state index in [1.165, 1.54) is 0 Å². The van der Waals surface area contributed by atoms with E-state index in [-0.39, 0.29) is 0 Å². The first-order chi connectivity index (χ1) is 6.61. The Morgan fingerprint density at radius 3 is 2.71 bits per heavy atom. The average Bonchev–Trinajstić information content (AvgIpc) is 1.99. The Morgan fingerprint density at radius 1 is 1.57 bits per heavy atom. The van der Waals surface area contributed by atoms with Gasteiger partial charge in [0.1, 0.15) is 0 Å². The highest BCUT2D eigenvalue weighted by Crippen LogP contribution is 2.23. The van der Waals surface area contributed by atoms with Crippen LogP contribution in [-0.4, -0.2) is 41.0 Å². The van der Waals surface area contributed by atoms with Crippen LogP contribution in [0.4, 0.5) is 0 Å². The Hall–Kier alpha value is 0.0700. The predicted octanol–water partition coefficient (Wildman–Crippen LogP) is 0.910. The summed E-state index contributed by atoms with van der Waals surface area (Å²) in [5.74, 6) is 0.746. The van der Waals surface area contributed by atoms with E-state index >= 15 is 0 Å². The second-order valence-corrected chi connectivity index (χ2v) is 5.53. The zero-order chi connectivity index (χ0) is 10.6. The number of ether oxygens (including phenoxy) is 1. The second-order valence-electron chi connectivity index (χ2n) is 4.05. The summed E-state index contributed by atoms with van der Waals surface area (Å²) in [6, 6.07) is 0.929. The first-order valence-corrected chi connectivity index (χ1v) is 7.02. The molecule has 0 heterocycles. The first kappa shape index (κ1) is 12.1. The Labute approximate surface area is 89.1 Å². The van der Waals surface area contributed by atoms with Crippen molar-refractivity contribution in [3.8, 4) is 0 Å². The van der Waals surface area contributed by atoms with Gasteiger partial charge in [0.05, 0.1) is 6.10 Å². The molecule has 0 saturated heterocycles. The maximum atomic E-state index is 11.0. The van der Waals surface area contributed by atoms with Crippen molar-refractivity contribution in [2.24, 2.45) is 0 Å². The molecule has 1 aliphatic carbocycles. The summed E-state index contributed by atoms with van der Waals surface area (Å²) < 4.78 is 16.4. The molecule has 2 unspecified atom stereocenters. The molecule has 0 bridgehead atoms. The standard InChI is InChI=1S/C10H21NO2S/c1-4-13-10-5-9(6-10)11-8(2)7-14(3)12/h8-11H,4-7H2,1-3H3. The summed E-state index contributed by atoms with van der Waals surface area (Å²) in [5, 5.41) is 3.46. The monoisotopic (exact) mass is 219 g/mol. The van der Waals surface area contributed by atoms with Crippen LogP contribution in [0, 0.1) is 0 Å². The quantitative estimate of drug-likeness (QED) is 0.721. The summed E-state index contributed by atoms with van der Waals surface area (Å²) in [6.45, 7) is 4.94. The van der Waals surface area contributed by atoms with Crippen LogP contribution in [0.1, 0.15) is 26.7 Å². The highest BCUT2D eigenvalue weighted by Gasteiger charge is 2.30. The molecule has 1 rings (SSSR count). The molecule has 1 saturated carbocycles. The van der Waals surface area contributed by atoms with Crippen LogP contribution in [0.2, 0.25) is 0 Å². The van der Waals surface area contributed by atoms with Crippen molar-refractivity contribution in [1.29, 1.82) is 0 Å². The molecule has 1 aliphatic rings. The van der Waals surface area contributed by atoms with Crippen LogP contribution in [0.25, 0.3) is 0 Å². The summed E-state index contributed by atoms with van der Waals surface area (Å²) >= 11 is 0. The van der Waals surface area contributed by atoms with Gasteiger partial charge < -0.3 is 10.1 Å². The van der Waals surface area contributed by atoms with Gasteiger partial charge in [-0.15, -0.1) is 0 Å². The molecule has 4 heteroatoms. The molecule has 2 atom stereocenters. The molecule has 0 aromatic heterocycles. The van der Waals surface area contributed by atoms with Gasteiger partial charge in [0.15, 0.2) is 0 Å². The fraction of sp³-hybridized carbons (Fsp3) is 1.00. The van der Waals surface area contributed by atoms with E-state index in [9.17, 15) is 4.21 Å². The summed E-state index contributed by atoms with van der Waals surface area (Å²) in [4.78, 5) is 0. The van der Waals surface area contributed by atoms with Crippen molar-refractivity contribution in [3.63, 3.8) is 0 Å². The molecule has 0 spiro atoms. The van der Waals surface area contributed by atoms with Crippen LogP contribution in [0.5, 0.6) is 0 Å². The molecule has 84 valence electrons. The predicted molar refractivity (Wildman–Crippen MR) is 60.0 cm³/mol. The fourth-order valence-electron chi connectivity index (χ4n) is 1.88. The largest absolute Gasteiger partial charge is 0.378 e. The Bertz CT molecular complexity index is 193. The maximum Gasteiger partial charge on any atom is 0.0604 e. The fourth-order valence-corrected chi connectivity index (χ4v) is 2.68. The Balaban J connectivity index is 2.07. The van der Waals surface area contributed by atoms with Crippen molar-refractivity contribution in [2.75, 3.05) is 18.6 Å². The molecule has 1 N–H and O–H groups in total. The molecule has 0 aromatic carbocycles. The van der Waals surface area contributed by atoms with Gasteiger partial charge in [-0.05, 0) is 26.7 Å². The third kappa shape index (κ3) is 4.07. The number of hydrogen-bond acceptors (Lipinski definition) is 3. The van der Waals surface area contributed by atoms with Crippen LogP contribution < -0.4 is 5.32 Å². The van der Waals surface area contributed by atoms with Crippen LogP contribution in [0.15, 0.2) is 0 Å². The summed E-state index contributed by atoms with van der Waals surface area (Å²) in [6.07, 6.45) is 4.42. The molecule has 0 aromatic rings. The average molecular weight is 219 g/mol. The van der Waals surface area contributed by atoms with E-state index in [2.05, 4.69) is 12.2 Å². The van der Waals surface area contributed by atoms with E-state index in [4.69, 9.17) is 4.74 Å². The van der Waals surface area contributed by atoms with Gasteiger partial charge in [0, 0.05) is 41.5 Å². The Kier molecular flexibility index (Phi) is 5.06. The lowest BCUT2D eigenvalue weighted by Gasteiger charge is -2.37. The van der Waals surface area contributed by atoms with Crippen LogP contribution in [-0.2, 0) is 15.5 Å². The van der Waals surface area contributed by atoms with Crippen molar-refractivity contribution in [3.05, 3.63) is 0 Å². The van der Waals surface area contributed by atoms with Gasteiger partial charge in [0.25, 0.3) is 0 Å². The molecular weight excluding hydrogens is 198 g/mol. The van der Waals surface area contributed by atoms with E-state index in [0.717, 1.165) is 25.2 Å². The minimum atomic E-state index is -0.696. The second kappa shape index (κ2) is 5.83. The van der Waals surface area contributed by atoms with Crippen molar-refractivity contribution >= 4 is 10.8 Å². The highest BCUT2D eigenvalue weighted by atomic mass is 32.2. The first-order valence-electron chi connectivity index (χ1n) is 5.29. The van der Waals surface area contributed by atoms with E-state index in [1.807, 2.05) is 6.92 Å². The van der Waals surface area contributed by atoms with Crippen LogP contribution in [0.3, 0.4) is 0 Å². The molecule has 3 nitrogen and oxygen atoms in total. The SMILES string of the molecule is CCOC1CC(NC(C)CS(C)=O)C1. The van der Waals surface area contributed by atoms with Gasteiger partial charge in [-0.3, -0.25) is 4.21 Å². The smallest absolute Gasteiger partial charge is 0.0604 e. The highest BCUT2D eigenvalue weighted by molar-refractivity contribution is 7.84. The van der Waals surface area contributed by atoms with E-state index < -0.39 is 10.8 Å². The molecule has 14 heavy (non-hydrogen) atoms. The minimum Gasteiger partial charge on any atom is -0.378 e. The van der Waals surface area contributed by atoms with Crippen molar-refractivity contribution in [1.82, 2.24) is 5.32 Å². The lowest BCUT2D eigenvalue weighted by molar-refractivity contribution is -0.0113. The van der Waals surface area contributed by atoms with Gasteiger partial charge in [0.2, 0.25) is 0 Å². The molecule has 0 aliphatic heterocycles. The third-order valence-corrected chi connectivity index (χ3v) is 3.47. The lowest BCUT2D eigenvalue weighted by atomic mass is 9.89. The number of rotatable bonds is 6. The molecular formula is C10H21NO2S.